The number of hydrogen-bond donors (Lipinski definition) is 1. The number of carbonyl (C=O) groups is 3. The predicted octanol–water partition coefficient (Wildman–Crippen LogP) is 1.12. The van der Waals surface area contributed by atoms with Crippen LogP contribution >= 0.6 is 11.8 Å². The Balaban J connectivity index is 1.90. The van der Waals surface area contributed by atoms with Gasteiger partial charge in [-0.2, -0.15) is 0 Å². The summed E-state index contributed by atoms with van der Waals surface area (Å²) in [5.74, 6) is -1.08. The average molecular weight is 308 g/mol. The zero-order chi connectivity index (χ0) is 15.4. The fraction of sp³-hybridized carbons (Fsp3) is 0.357. The maximum Gasteiger partial charge on any atom is 0.307 e. The van der Waals surface area contributed by atoms with Crippen LogP contribution in [-0.2, 0) is 19.1 Å². The van der Waals surface area contributed by atoms with Gasteiger partial charge >= 0.3 is 5.97 Å². The summed E-state index contributed by atoms with van der Waals surface area (Å²) in [6, 6.07) is 7.40. The molecule has 6 nitrogen and oxygen atoms in total. The Morgan fingerprint density at radius 3 is 2.76 bits per heavy atom. The van der Waals surface area contributed by atoms with Crippen molar-refractivity contribution in [1.29, 1.82) is 0 Å². The molecule has 21 heavy (non-hydrogen) atoms. The van der Waals surface area contributed by atoms with Gasteiger partial charge in [-0.25, -0.2) is 0 Å². The molecule has 0 aliphatic carbocycles. The standard InChI is InChI=1S/C14H16N2O4S/c1-16(2)12(17)8-20-13(18)7-11-14(19)15-9-5-3-4-6-10(9)21-11/h3-6,11H,7-8H2,1-2H3,(H,15,19)/t11-/m0/s1. The fourth-order valence-corrected chi connectivity index (χ4v) is 2.80. The Kier molecular flexibility index (Phi) is 4.85. The highest BCUT2D eigenvalue weighted by Gasteiger charge is 2.29. The second-order valence-corrected chi connectivity index (χ2v) is 5.99. The van der Waals surface area contributed by atoms with Crippen molar-refractivity contribution >= 4 is 35.2 Å². The third kappa shape index (κ3) is 3.98. The molecule has 0 saturated carbocycles. The van der Waals surface area contributed by atoms with E-state index in [4.69, 9.17) is 4.74 Å². The van der Waals surface area contributed by atoms with E-state index in [1.54, 1.807) is 14.1 Å². The van der Waals surface area contributed by atoms with Gasteiger partial charge in [0.15, 0.2) is 6.61 Å². The first-order valence-corrected chi connectivity index (χ1v) is 7.27. The van der Waals surface area contributed by atoms with Crippen LogP contribution in [0.4, 0.5) is 5.69 Å². The lowest BCUT2D eigenvalue weighted by molar-refractivity contribution is -0.151. The molecule has 2 amide bonds. The molecule has 1 aromatic carbocycles. The molecule has 0 fully saturated rings. The number of nitrogens with one attached hydrogen (secondary N) is 1. The van der Waals surface area contributed by atoms with Crippen molar-refractivity contribution in [3.8, 4) is 0 Å². The van der Waals surface area contributed by atoms with Gasteiger partial charge in [0.1, 0.15) is 0 Å². The van der Waals surface area contributed by atoms with Gasteiger partial charge in [-0.3, -0.25) is 14.4 Å². The van der Waals surface area contributed by atoms with Crippen molar-refractivity contribution in [2.75, 3.05) is 26.0 Å². The lowest BCUT2D eigenvalue weighted by Gasteiger charge is -2.23. The number of hydrogen-bond acceptors (Lipinski definition) is 5. The van der Waals surface area contributed by atoms with E-state index >= 15 is 0 Å². The van der Waals surface area contributed by atoms with Crippen molar-refractivity contribution in [2.24, 2.45) is 0 Å². The molecule has 2 rings (SSSR count). The zero-order valence-corrected chi connectivity index (χ0v) is 12.6. The molecule has 0 saturated heterocycles. The molecule has 112 valence electrons. The van der Waals surface area contributed by atoms with Gasteiger partial charge in [-0.15, -0.1) is 11.8 Å². The summed E-state index contributed by atoms with van der Waals surface area (Å²) in [5.41, 5.74) is 0.750. The van der Waals surface area contributed by atoms with Gasteiger partial charge in [0.2, 0.25) is 5.91 Å². The molecule has 0 unspecified atom stereocenters. The number of fused-ring (bicyclic) bond motifs is 1. The molecule has 1 aliphatic rings. The number of para-hydroxylation sites is 1. The van der Waals surface area contributed by atoms with Crippen LogP contribution in [-0.4, -0.2) is 48.6 Å². The van der Waals surface area contributed by atoms with Crippen LogP contribution in [0.1, 0.15) is 6.42 Å². The zero-order valence-electron chi connectivity index (χ0n) is 11.8. The molecule has 7 heteroatoms. The number of rotatable bonds is 4. The van der Waals surface area contributed by atoms with Crippen molar-refractivity contribution in [2.45, 2.75) is 16.6 Å². The molecule has 0 spiro atoms. The number of likely N-dealkylation sites (N-methyl/N-ethyl adjacent to an activating group) is 1. The first-order valence-electron chi connectivity index (χ1n) is 6.39. The molecule has 1 aromatic rings. The van der Waals surface area contributed by atoms with E-state index in [0.29, 0.717) is 0 Å². The number of benzene rings is 1. The van der Waals surface area contributed by atoms with Gasteiger partial charge in [-0.1, -0.05) is 12.1 Å². The van der Waals surface area contributed by atoms with Crippen LogP contribution in [0.5, 0.6) is 0 Å². The maximum atomic E-state index is 11.9. The Morgan fingerprint density at radius 2 is 2.05 bits per heavy atom. The first kappa shape index (κ1) is 15.4. The van der Waals surface area contributed by atoms with E-state index in [0.717, 1.165) is 10.6 Å². The molecule has 0 aromatic heterocycles. The van der Waals surface area contributed by atoms with Crippen LogP contribution in [0.3, 0.4) is 0 Å². The molecule has 0 bridgehead atoms. The number of nitrogens with zero attached hydrogens (tertiary/aromatic N) is 1. The molecule has 1 aliphatic heterocycles. The van der Waals surface area contributed by atoms with Crippen molar-refractivity contribution in [3.63, 3.8) is 0 Å². The monoisotopic (exact) mass is 308 g/mol. The Hall–Kier alpha value is -2.02. The van der Waals surface area contributed by atoms with E-state index in [1.807, 2.05) is 24.3 Å². The second-order valence-electron chi connectivity index (χ2n) is 4.74. The molecular formula is C14H16N2O4S. The third-order valence-electron chi connectivity index (χ3n) is 2.91. The Bertz CT molecular complexity index is 574. The van der Waals surface area contributed by atoms with Gasteiger partial charge in [0, 0.05) is 19.0 Å². The predicted molar refractivity (Wildman–Crippen MR) is 79.0 cm³/mol. The van der Waals surface area contributed by atoms with Crippen molar-refractivity contribution < 1.29 is 19.1 Å². The summed E-state index contributed by atoms with van der Waals surface area (Å²) in [6.07, 6.45) is -0.0639. The normalized spacial score (nSPS) is 16.7. The summed E-state index contributed by atoms with van der Waals surface area (Å²) in [7, 11) is 3.16. The fourth-order valence-electron chi connectivity index (χ4n) is 1.71. The second kappa shape index (κ2) is 6.62. The molecular weight excluding hydrogens is 292 g/mol. The number of carbonyl (C=O) groups excluding carboxylic acids is 3. The SMILES string of the molecule is CN(C)C(=O)COC(=O)C[C@@H]1Sc2ccccc2NC1=O. The highest BCUT2D eigenvalue weighted by molar-refractivity contribution is 8.01. The van der Waals surface area contributed by atoms with Crippen LogP contribution < -0.4 is 5.32 Å². The minimum absolute atomic E-state index is 0.0639. The molecule has 1 heterocycles. The summed E-state index contributed by atoms with van der Waals surface area (Å²) in [6.45, 7) is -0.304. The third-order valence-corrected chi connectivity index (χ3v) is 4.19. The quantitative estimate of drug-likeness (QED) is 0.844. The number of ether oxygens (including phenoxy) is 1. The number of thioether (sulfide) groups is 1. The number of esters is 1. The highest BCUT2D eigenvalue weighted by Crippen LogP contribution is 2.36. The lowest BCUT2D eigenvalue weighted by Crippen LogP contribution is -2.33. The van der Waals surface area contributed by atoms with E-state index in [2.05, 4.69) is 5.32 Å². The van der Waals surface area contributed by atoms with Gasteiger partial charge in [0.05, 0.1) is 17.4 Å². The number of anilines is 1. The van der Waals surface area contributed by atoms with E-state index in [1.165, 1.54) is 16.7 Å². The average Bonchev–Trinajstić information content (AvgIpc) is 2.45. The minimum Gasteiger partial charge on any atom is -0.456 e. The molecule has 1 atom stereocenters. The van der Waals surface area contributed by atoms with E-state index < -0.39 is 11.2 Å². The molecule has 0 radical (unpaired) electrons. The van der Waals surface area contributed by atoms with E-state index in [9.17, 15) is 14.4 Å². The highest BCUT2D eigenvalue weighted by atomic mass is 32.2. The van der Waals surface area contributed by atoms with Crippen LogP contribution in [0.25, 0.3) is 0 Å². The summed E-state index contributed by atoms with van der Waals surface area (Å²) >= 11 is 1.33. The molecule has 1 N–H and O–H groups in total. The topological polar surface area (TPSA) is 75.7 Å². The van der Waals surface area contributed by atoms with Crippen LogP contribution in [0.15, 0.2) is 29.2 Å². The largest absolute Gasteiger partial charge is 0.456 e. The Morgan fingerprint density at radius 1 is 1.33 bits per heavy atom. The van der Waals surface area contributed by atoms with Gasteiger partial charge in [-0.05, 0) is 12.1 Å². The lowest BCUT2D eigenvalue weighted by atomic mass is 10.2. The van der Waals surface area contributed by atoms with Gasteiger partial charge < -0.3 is 15.0 Å². The van der Waals surface area contributed by atoms with Crippen LogP contribution in [0.2, 0.25) is 0 Å². The van der Waals surface area contributed by atoms with Crippen LogP contribution in [0, 0.1) is 0 Å². The minimum atomic E-state index is -0.558. The first-order chi connectivity index (χ1) is 9.97. The number of amides is 2. The van der Waals surface area contributed by atoms with Gasteiger partial charge in [0.25, 0.3) is 5.91 Å². The maximum absolute atomic E-state index is 11.9. The van der Waals surface area contributed by atoms with Crippen molar-refractivity contribution in [3.05, 3.63) is 24.3 Å². The smallest absolute Gasteiger partial charge is 0.307 e. The summed E-state index contributed by atoms with van der Waals surface area (Å²) in [5, 5.41) is 2.22. The summed E-state index contributed by atoms with van der Waals surface area (Å²) < 4.78 is 4.88. The Labute approximate surface area is 126 Å². The summed E-state index contributed by atoms with van der Waals surface area (Å²) in [4.78, 5) is 37.2. The van der Waals surface area contributed by atoms with Crippen molar-refractivity contribution in [1.82, 2.24) is 4.90 Å². The van der Waals surface area contributed by atoms with E-state index in [-0.39, 0.29) is 24.8 Å².